The Morgan fingerprint density at radius 2 is 1.68 bits per heavy atom. The predicted molar refractivity (Wildman–Crippen MR) is 114 cm³/mol. The van der Waals surface area contributed by atoms with Gasteiger partial charge in [0.15, 0.2) is 0 Å². The van der Waals surface area contributed by atoms with E-state index in [1.54, 1.807) is 31.2 Å². The first kappa shape index (κ1) is 20.2. The van der Waals surface area contributed by atoms with Crippen LogP contribution in [0.5, 0.6) is 0 Å². The number of hydrogen-bond donors (Lipinski definition) is 1. The Bertz CT molecular complexity index is 1090. The molecule has 1 N–H and O–H groups in total. The average Bonchev–Trinajstić information content (AvgIpc) is 2.66. The van der Waals surface area contributed by atoms with Gasteiger partial charge in [0.25, 0.3) is 0 Å². The van der Waals surface area contributed by atoms with Crippen LogP contribution in [0.2, 0.25) is 5.02 Å². The molecule has 1 amide bonds. The Labute approximate surface area is 170 Å². The van der Waals surface area contributed by atoms with Crippen molar-refractivity contribution in [2.45, 2.75) is 19.5 Å². The van der Waals surface area contributed by atoms with Gasteiger partial charge in [0.1, 0.15) is 6.04 Å². The molecule has 0 aliphatic carbocycles. The molecule has 3 aromatic carbocycles. The van der Waals surface area contributed by atoms with Crippen LogP contribution in [0, 0.1) is 0 Å². The third kappa shape index (κ3) is 4.46. The number of carbonyl (C=O) groups excluding carboxylic acids is 1. The van der Waals surface area contributed by atoms with Crippen LogP contribution in [0.3, 0.4) is 0 Å². The van der Waals surface area contributed by atoms with E-state index in [1.807, 2.05) is 42.5 Å². The molecule has 0 aliphatic heterocycles. The molecule has 0 saturated heterocycles. The van der Waals surface area contributed by atoms with E-state index in [1.165, 1.54) is 0 Å². The summed E-state index contributed by atoms with van der Waals surface area (Å²) in [6.45, 7) is 1.87. The highest BCUT2D eigenvalue weighted by molar-refractivity contribution is 7.92. The zero-order chi connectivity index (χ0) is 20.3. The fourth-order valence-electron chi connectivity index (χ4n) is 3.17. The number of sulfonamides is 1. The molecular weight excluding hydrogens is 396 g/mol. The average molecular weight is 417 g/mol. The first-order chi connectivity index (χ1) is 13.3. The SMILES string of the molecule is C[C@H](C(=O)NCc1cccc2ccccc12)N(c1ccc(Cl)cc1)S(C)(=O)=O. The number of hydrogen-bond acceptors (Lipinski definition) is 3. The summed E-state index contributed by atoms with van der Waals surface area (Å²) in [5.41, 5.74) is 1.36. The van der Waals surface area contributed by atoms with Crippen molar-refractivity contribution in [1.29, 1.82) is 0 Å². The quantitative estimate of drug-likeness (QED) is 0.661. The predicted octanol–water partition coefficient (Wildman–Crippen LogP) is 3.96. The highest BCUT2D eigenvalue weighted by atomic mass is 35.5. The molecule has 0 aliphatic rings. The summed E-state index contributed by atoms with van der Waals surface area (Å²) in [5.74, 6) is -0.381. The topological polar surface area (TPSA) is 66.5 Å². The van der Waals surface area contributed by atoms with E-state index in [0.717, 1.165) is 26.9 Å². The van der Waals surface area contributed by atoms with E-state index in [2.05, 4.69) is 5.32 Å². The van der Waals surface area contributed by atoms with Gasteiger partial charge in [-0.2, -0.15) is 0 Å². The van der Waals surface area contributed by atoms with Gasteiger partial charge in [-0.05, 0) is 47.5 Å². The molecule has 0 spiro atoms. The lowest BCUT2D eigenvalue weighted by Gasteiger charge is -2.28. The molecule has 5 nitrogen and oxygen atoms in total. The van der Waals surface area contributed by atoms with E-state index >= 15 is 0 Å². The van der Waals surface area contributed by atoms with Crippen molar-refractivity contribution in [2.24, 2.45) is 0 Å². The fourth-order valence-corrected chi connectivity index (χ4v) is 4.47. The van der Waals surface area contributed by atoms with Crippen molar-refractivity contribution in [3.05, 3.63) is 77.3 Å². The summed E-state index contributed by atoms with van der Waals surface area (Å²) in [5, 5.41) is 5.48. The first-order valence-corrected chi connectivity index (χ1v) is 11.0. The van der Waals surface area contributed by atoms with Crippen LogP contribution >= 0.6 is 11.6 Å². The van der Waals surface area contributed by atoms with Gasteiger partial charge in [0.2, 0.25) is 15.9 Å². The second-order valence-corrected chi connectivity index (χ2v) is 8.86. The number of fused-ring (bicyclic) bond motifs is 1. The third-order valence-electron chi connectivity index (χ3n) is 4.50. The van der Waals surface area contributed by atoms with Gasteiger partial charge in [0, 0.05) is 11.6 Å². The maximum absolute atomic E-state index is 12.7. The molecular formula is C21H21ClN2O3S. The van der Waals surface area contributed by atoms with Crippen LogP contribution in [-0.4, -0.2) is 26.6 Å². The normalized spacial score (nSPS) is 12.5. The zero-order valence-electron chi connectivity index (χ0n) is 15.6. The smallest absolute Gasteiger partial charge is 0.243 e. The van der Waals surface area contributed by atoms with E-state index in [-0.39, 0.29) is 5.91 Å². The molecule has 28 heavy (non-hydrogen) atoms. The van der Waals surface area contributed by atoms with Crippen molar-refractivity contribution < 1.29 is 13.2 Å². The van der Waals surface area contributed by atoms with Crippen LogP contribution in [-0.2, 0) is 21.4 Å². The monoisotopic (exact) mass is 416 g/mol. The second-order valence-electron chi connectivity index (χ2n) is 6.57. The summed E-state index contributed by atoms with van der Waals surface area (Å²) in [6, 6.07) is 19.2. The van der Waals surface area contributed by atoms with Crippen LogP contribution in [0.15, 0.2) is 66.7 Å². The molecule has 3 aromatic rings. The highest BCUT2D eigenvalue weighted by Gasteiger charge is 2.29. The number of amides is 1. The van der Waals surface area contributed by atoms with Gasteiger partial charge in [0.05, 0.1) is 11.9 Å². The molecule has 0 fully saturated rings. The van der Waals surface area contributed by atoms with Crippen LogP contribution in [0.25, 0.3) is 10.8 Å². The number of halogens is 1. The number of benzene rings is 3. The Hall–Kier alpha value is -2.57. The summed E-state index contributed by atoms with van der Waals surface area (Å²) >= 11 is 5.89. The fraction of sp³-hybridized carbons (Fsp3) is 0.190. The molecule has 0 heterocycles. The number of nitrogens with one attached hydrogen (secondary N) is 1. The summed E-state index contributed by atoms with van der Waals surface area (Å²) in [7, 11) is -3.66. The van der Waals surface area contributed by atoms with Crippen molar-refractivity contribution in [2.75, 3.05) is 10.6 Å². The van der Waals surface area contributed by atoms with Crippen molar-refractivity contribution in [3.8, 4) is 0 Å². The number of carbonyl (C=O) groups is 1. The van der Waals surface area contributed by atoms with Crippen LogP contribution < -0.4 is 9.62 Å². The standard InChI is InChI=1S/C21H21ClN2O3S/c1-15(24(28(2,26)27)19-12-10-18(22)11-13-19)21(25)23-14-17-8-5-7-16-6-3-4-9-20(16)17/h3-13,15H,14H2,1-2H3,(H,23,25)/t15-/m1/s1. The second kappa shape index (κ2) is 8.20. The van der Waals surface area contributed by atoms with Gasteiger partial charge in [-0.15, -0.1) is 0 Å². The Balaban J connectivity index is 1.81. The van der Waals surface area contributed by atoms with Gasteiger partial charge in [-0.3, -0.25) is 9.10 Å². The van der Waals surface area contributed by atoms with E-state index in [9.17, 15) is 13.2 Å². The Morgan fingerprint density at radius 3 is 2.36 bits per heavy atom. The van der Waals surface area contributed by atoms with Gasteiger partial charge < -0.3 is 5.32 Å². The Morgan fingerprint density at radius 1 is 1.04 bits per heavy atom. The lowest BCUT2D eigenvalue weighted by Crippen LogP contribution is -2.47. The number of nitrogens with zero attached hydrogens (tertiary/aromatic N) is 1. The zero-order valence-corrected chi connectivity index (χ0v) is 17.2. The minimum atomic E-state index is -3.66. The number of rotatable bonds is 6. The molecule has 0 aromatic heterocycles. The molecule has 1 atom stereocenters. The highest BCUT2D eigenvalue weighted by Crippen LogP contribution is 2.23. The van der Waals surface area contributed by atoms with E-state index in [0.29, 0.717) is 17.3 Å². The molecule has 7 heteroatoms. The minimum Gasteiger partial charge on any atom is -0.350 e. The Kier molecular flexibility index (Phi) is 5.91. The largest absolute Gasteiger partial charge is 0.350 e. The van der Waals surface area contributed by atoms with Crippen molar-refractivity contribution in [3.63, 3.8) is 0 Å². The third-order valence-corrected chi connectivity index (χ3v) is 6.00. The first-order valence-electron chi connectivity index (χ1n) is 8.76. The van der Waals surface area contributed by atoms with Crippen molar-refractivity contribution >= 4 is 44.0 Å². The van der Waals surface area contributed by atoms with Crippen LogP contribution in [0.4, 0.5) is 5.69 Å². The van der Waals surface area contributed by atoms with E-state index in [4.69, 9.17) is 11.6 Å². The molecule has 0 unspecified atom stereocenters. The summed E-state index contributed by atoms with van der Waals surface area (Å²) < 4.78 is 25.7. The van der Waals surface area contributed by atoms with E-state index < -0.39 is 16.1 Å². The molecule has 146 valence electrons. The van der Waals surface area contributed by atoms with Gasteiger partial charge >= 0.3 is 0 Å². The van der Waals surface area contributed by atoms with Crippen molar-refractivity contribution in [1.82, 2.24) is 5.32 Å². The molecule has 3 rings (SSSR count). The van der Waals surface area contributed by atoms with Crippen LogP contribution in [0.1, 0.15) is 12.5 Å². The lowest BCUT2D eigenvalue weighted by atomic mass is 10.0. The molecule has 0 bridgehead atoms. The minimum absolute atomic E-state index is 0.308. The lowest BCUT2D eigenvalue weighted by molar-refractivity contribution is -0.122. The maximum Gasteiger partial charge on any atom is 0.243 e. The van der Waals surface area contributed by atoms with Gasteiger partial charge in [-0.25, -0.2) is 8.42 Å². The maximum atomic E-state index is 12.7. The summed E-state index contributed by atoms with van der Waals surface area (Å²) in [4.78, 5) is 12.7. The molecule has 0 saturated carbocycles. The summed E-state index contributed by atoms with van der Waals surface area (Å²) in [6.07, 6.45) is 1.08. The van der Waals surface area contributed by atoms with Gasteiger partial charge in [-0.1, -0.05) is 54.1 Å². The molecule has 0 radical (unpaired) electrons. The number of anilines is 1.